The Balaban J connectivity index is 0.00000288. The highest BCUT2D eigenvalue weighted by Gasteiger charge is 2.35. The van der Waals surface area contributed by atoms with Gasteiger partial charge in [0.1, 0.15) is 0 Å². The molecule has 1 heterocycles. The van der Waals surface area contributed by atoms with E-state index in [0.717, 1.165) is 23.9 Å². The summed E-state index contributed by atoms with van der Waals surface area (Å²) in [4.78, 5) is 14.6. The molecule has 1 atom stereocenters. The van der Waals surface area contributed by atoms with Gasteiger partial charge in [-0.05, 0) is 52.9 Å². The predicted molar refractivity (Wildman–Crippen MR) is 101 cm³/mol. The summed E-state index contributed by atoms with van der Waals surface area (Å²) in [6, 6.07) is 3.55. The van der Waals surface area contributed by atoms with Gasteiger partial charge in [0.15, 0.2) is 11.5 Å². The van der Waals surface area contributed by atoms with Crippen molar-refractivity contribution >= 4 is 34.2 Å². The van der Waals surface area contributed by atoms with E-state index in [4.69, 9.17) is 15.2 Å². The van der Waals surface area contributed by atoms with Crippen LogP contribution < -0.4 is 15.2 Å². The highest BCUT2D eigenvalue weighted by atomic mass is 79.9. The zero-order valence-corrected chi connectivity index (χ0v) is 16.8. The van der Waals surface area contributed by atoms with Gasteiger partial charge in [0.25, 0.3) is 5.91 Å². The zero-order valence-electron chi connectivity index (χ0n) is 14.4. The van der Waals surface area contributed by atoms with Crippen LogP contribution in [0.4, 0.5) is 0 Å². The lowest BCUT2D eigenvalue weighted by molar-refractivity contribution is 0.0776. The van der Waals surface area contributed by atoms with E-state index >= 15 is 0 Å². The van der Waals surface area contributed by atoms with Crippen LogP contribution in [0.5, 0.6) is 11.5 Å². The van der Waals surface area contributed by atoms with Crippen LogP contribution in [0.2, 0.25) is 0 Å². The minimum atomic E-state index is 0. The standard InChI is InChI=1S/C17H25BrN2O3.ClH/c1-4-7-23-15-13(18)8-12(9-14(15)22-3)16(21)20-6-5-17(2,10-19)11-20;/h8-9H,4-7,10-11,19H2,1-3H3;1H. The lowest BCUT2D eigenvalue weighted by Crippen LogP contribution is -2.34. The number of carbonyl (C=O) groups is 1. The van der Waals surface area contributed by atoms with Crippen molar-refractivity contribution in [2.24, 2.45) is 11.1 Å². The number of benzene rings is 1. The molecule has 2 N–H and O–H groups in total. The first-order valence-corrected chi connectivity index (χ1v) is 8.73. The molecule has 0 aliphatic carbocycles. The fourth-order valence-corrected chi connectivity index (χ4v) is 3.29. The highest BCUT2D eigenvalue weighted by Crippen LogP contribution is 2.38. The molecule has 0 saturated carbocycles. The average molecular weight is 422 g/mol. The molecule has 1 saturated heterocycles. The van der Waals surface area contributed by atoms with Crippen molar-refractivity contribution < 1.29 is 14.3 Å². The van der Waals surface area contributed by atoms with E-state index in [1.165, 1.54) is 0 Å². The van der Waals surface area contributed by atoms with Gasteiger partial charge in [0, 0.05) is 18.7 Å². The summed E-state index contributed by atoms with van der Waals surface area (Å²) in [6.45, 7) is 6.78. The number of hydrogen-bond donors (Lipinski definition) is 1. The topological polar surface area (TPSA) is 64.8 Å². The van der Waals surface area contributed by atoms with Crippen molar-refractivity contribution in [2.75, 3.05) is 33.4 Å². The highest BCUT2D eigenvalue weighted by molar-refractivity contribution is 9.10. The summed E-state index contributed by atoms with van der Waals surface area (Å²) in [5, 5.41) is 0. The molecule has 1 unspecified atom stereocenters. The van der Waals surface area contributed by atoms with Crippen molar-refractivity contribution in [3.8, 4) is 11.5 Å². The van der Waals surface area contributed by atoms with E-state index in [0.29, 0.717) is 36.8 Å². The van der Waals surface area contributed by atoms with E-state index in [1.54, 1.807) is 19.2 Å². The summed E-state index contributed by atoms with van der Waals surface area (Å²) in [6.07, 6.45) is 1.84. The van der Waals surface area contributed by atoms with Crippen LogP contribution in [0, 0.1) is 5.41 Å². The molecule has 1 aliphatic rings. The number of likely N-dealkylation sites (tertiary alicyclic amines) is 1. The quantitative estimate of drug-likeness (QED) is 0.764. The van der Waals surface area contributed by atoms with Gasteiger partial charge in [-0.1, -0.05) is 13.8 Å². The van der Waals surface area contributed by atoms with Gasteiger partial charge >= 0.3 is 0 Å². The Kier molecular flexibility index (Phi) is 7.83. The van der Waals surface area contributed by atoms with Crippen molar-refractivity contribution in [1.29, 1.82) is 0 Å². The molecule has 0 bridgehead atoms. The van der Waals surface area contributed by atoms with Crippen molar-refractivity contribution in [2.45, 2.75) is 26.7 Å². The fourth-order valence-electron chi connectivity index (χ4n) is 2.73. The molecule has 2 rings (SSSR count). The van der Waals surface area contributed by atoms with Gasteiger partial charge in [-0.2, -0.15) is 0 Å². The van der Waals surface area contributed by atoms with Crippen LogP contribution in [-0.4, -0.2) is 44.2 Å². The molecule has 0 aromatic heterocycles. The van der Waals surface area contributed by atoms with Crippen LogP contribution in [0.3, 0.4) is 0 Å². The summed E-state index contributed by atoms with van der Waals surface area (Å²) in [7, 11) is 1.58. The van der Waals surface area contributed by atoms with E-state index in [2.05, 4.69) is 22.9 Å². The van der Waals surface area contributed by atoms with Crippen molar-refractivity contribution in [3.05, 3.63) is 22.2 Å². The minimum absolute atomic E-state index is 0. The third-order valence-corrected chi connectivity index (χ3v) is 4.85. The Morgan fingerprint density at radius 1 is 1.46 bits per heavy atom. The number of carbonyl (C=O) groups excluding carboxylic acids is 1. The van der Waals surface area contributed by atoms with Crippen LogP contribution in [0.15, 0.2) is 16.6 Å². The molecule has 1 amide bonds. The maximum atomic E-state index is 12.8. The van der Waals surface area contributed by atoms with E-state index < -0.39 is 0 Å². The molecule has 24 heavy (non-hydrogen) atoms. The maximum absolute atomic E-state index is 12.8. The van der Waals surface area contributed by atoms with Gasteiger partial charge < -0.3 is 20.1 Å². The molecule has 1 aromatic rings. The average Bonchev–Trinajstić information content (AvgIpc) is 2.95. The molecule has 136 valence electrons. The number of rotatable bonds is 6. The zero-order chi connectivity index (χ0) is 17.0. The third kappa shape index (κ3) is 4.55. The second-order valence-electron chi connectivity index (χ2n) is 6.33. The van der Waals surface area contributed by atoms with Gasteiger partial charge in [-0.25, -0.2) is 0 Å². The maximum Gasteiger partial charge on any atom is 0.254 e. The molecule has 1 aliphatic heterocycles. The molecule has 7 heteroatoms. The largest absolute Gasteiger partial charge is 0.493 e. The monoisotopic (exact) mass is 420 g/mol. The lowest BCUT2D eigenvalue weighted by atomic mass is 9.90. The van der Waals surface area contributed by atoms with Gasteiger partial charge in [-0.3, -0.25) is 4.79 Å². The van der Waals surface area contributed by atoms with Crippen molar-refractivity contribution in [3.63, 3.8) is 0 Å². The molecular weight excluding hydrogens is 396 g/mol. The Morgan fingerprint density at radius 2 is 2.17 bits per heavy atom. The first kappa shape index (κ1) is 21.1. The van der Waals surface area contributed by atoms with Crippen LogP contribution in [0.1, 0.15) is 37.0 Å². The Hall–Kier alpha value is -0.980. The predicted octanol–water partition coefficient (Wildman–Crippen LogP) is 3.48. The normalized spacial score (nSPS) is 19.8. The van der Waals surface area contributed by atoms with E-state index in [1.807, 2.05) is 11.8 Å². The number of ether oxygens (including phenoxy) is 2. The fraction of sp³-hybridized carbons (Fsp3) is 0.588. The smallest absolute Gasteiger partial charge is 0.254 e. The third-order valence-electron chi connectivity index (χ3n) is 4.26. The number of halogens is 2. The number of nitrogens with two attached hydrogens (primary N) is 1. The lowest BCUT2D eigenvalue weighted by Gasteiger charge is -2.23. The van der Waals surface area contributed by atoms with Crippen LogP contribution in [0.25, 0.3) is 0 Å². The molecule has 5 nitrogen and oxygen atoms in total. The van der Waals surface area contributed by atoms with Crippen molar-refractivity contribution in [1.82, 2.24) is 4.90 Å². The summed E-state index contributed by atoms with van der Waals surface area (Å²) < 4.78 is 11.8. The van der Waals surface area contributed by atoms with E-state index in [-0.39, 0.29) is 23.7 Å². The summed E-state index contributed by atoms with van der Waals surface area (Å²) >= 11 is 3.49. The SMILES string of the molecule is CCCOc1c(Br)cc(C(=O)N2CCC(C)(CN)C2)cc1OC.Cl. The molecule has 1 fully saturated rings. The molecular formula is C17H26BrClN2O3. The van der Waals surface area contributed by atoms with Crippen LogP contribution in [-0.2, 0) is 0 Å². The Labute approximate surface area is 158 Å². The van der Waals surface area contributed by atoms with Crippen LogP contribution >= 0.6 is 28.3 Å². The first-order chi connectivity index (χ1) is 10.9. The first-order valence-electron chi connectivity index (χ1n) is 7.94. The molecule has 0 radical (unpaired) electrons. The number of hydrogen-bond acceptors (Lipinski definition) is 4. The number of nitrogens with zero attached hydrogens (tertiary/aromatic N) is 1. The molecule has 0 spiro atoms. The number of amides is 1. The van der Waals surface area contributed by atoms with Gasteiger partial charge in [0.2, 0.25) is 0 Å². The second-order valence-corrected chi connectivity index (χ2v) is 7.18. The Bertz CT molecular complexity index is 585. The second kappa shape index (κ2) is 8.92. The molecule has 1 aromatic carbocycles. The van der Waals surface area contributed by atoms with E-state index in [9.17, 15) is 4.79 Å². The van der Waals surface area contributed by atoms with Gasteiger partial charge in [0.05, 0.1) is 18.2 Å². The minimum Gasteiger partial charge on any atom is -0.493 e. The summed E-state index contributed by atoms with van der Waals surface area (Å²) in [5.74, 6) is 1.21. The Morgan fingerprint density at radius 3 is 2.71 bits per heavy atom. The number of methoxy groups -OCH3 is 1. The van der Waals surface area contributed by atoms with Gasteiger partial charge in [-0.15, -0.1) is 12.4 Å². The summed E-state index contributed by atoms with van der Waals surface area (Å²) in [5.41, 5.74) is 6.43.